The summed E-state index contributed by atoms with van der Waals surface area (Å²) in [6.45, 7) is 1.11. The van der Waals surface area contributed by atoms with Crippen molar-refractivity contribution in [2.75, 3.05) is 6.54 Å². The van der Waals surface area contributed by atoms with Crippen molar-refractivity contribution < 1.29 is 34.4 Å². The number of rotatable bonds is 7. The van der Waals surface area contributed by atoms with Crippen molar-refractivity contribution in [2.45, 2.75) is 31.5 Å². The maximum Gasteiger partial charge on any atom is 0.324 e. The van der Waals surface area contributed by atoms with E-state index in [1.165, 1.54) is 19.1 Å². The van der Waals surface area contributed by atoms with Crippen molar-refractivity contribution in [3.8, 4) is 5.75 Å². The number of benzene rings is 1. The maximum absolute atomic E-state index is 10.6. The molecule has 0 unspecified atom stereocenters. The van der Waals surface area contributed by atoms with Crippen LogP contribution in [-0.4, -0.2) is 58.0 Å². The highest BCUT2D eigenvalue weighted by atomic mass is 16.5. The van der Waals surface area contributed by atoms with Gasteiger partial charge in [-0.3, -0.25) is 14.4 Å². The lowest BCUT2D eigenvalue weighted by atomic mass is 10.1. The SMILES string of the molecule is C[C@@H](OC(=O)CN)[C@H](N)C(=O)O.N[C@@H](Cc1ccc(O)cc1)C(=O)O. The van der Waals surface area contributed by atoms with Gasteiger partial charge in [0.05, 0.1) is 6.54 Å². The first-order valence-corrected chi connectivity index (χ1v) is 7.22. The second-order valence-electron chi connectivity index (χ2n) is 5.08. The Morgan fingerprint density at radius 1 is 1.08 bits per heavy atom. The molecule has 1 aromatic carbocycles. The molecule has 0 spiro atoms. The van der Waals surface area contributed by atoms with Crippen molar-refractivity contribution in [3.05, 3.63) is 29.8 Å². The fourth-order valence-electron chi connectivity index (χ4n) is 1.50. The Morgan fingerprint density at radius 3 is 2.00 bits per heavy atom. The minimum Gasteiger partial charge on any atom is -0.508 e. The van der Waals surface area contributed by atoms with Crippen LogP contribution in [0.1, 0.15) is 12.5 Å². The summed E-state index contributed by atoms with van der Waals surface area (Å²) in [6, 6.07) is 4.22. The molecule has 25 heavy (non-hydrogen) atoms. The van der Waals surface area contributed by atoms with Crippen LogP contribution in [0.5, 0.6) is 5.75 Å². The van der Waals surface area contributed by atoms with E-state index in [1.54, 1.807) is 12.1 Å². The van der Waals surface area contributed by atoms with Crippen LogP contribution in [-0.2, 0) is 25.5 Å². The molecule has 0 aliphatic carbocycles. The third-order valence-corrected chi connectivity index (χ3v) is 2.98. The van der Waals surface area contributed by atoms with Crippen LogP contribution in [0.4, 0.5) is 0 Å². The molecule has 0 heterocycles. The van der Waals surface area contributed by atoms with Crippen LogP contribution >= 0.6 is 0 Å². The molecule has 1 rings (SSSR count). The molecule has 0 saturated heterocycles. The average molecular weight is 357 g/mol. The molecule has 0 radical (unpaired) electrons. The maximum atomic E-state index is 10.6. The third-order valence-electron chi connectivity index (χ3n) is 2.98. The van der Waals surface area contributed by atoms with Gasteiger partial charge in [0, 0.05) is 0 Å². The largest absolute Gasteiger partial charge is 0.508 e. The number of carboxylic acid groups (broad SMARTS) is 2. The van der Waals surface area contributed by atoms with E-state index in [9.17, 15) is 14.4 Å². The zero-order valence-corrected chi connectivity index (χ0v) is 13.7. The van der Waals surface area contributed by atoms with Crippen molar-refractivity contribution in [1.29, 1.82) is 0 Å². The predicted octanol–water partition coefficient (Wildman–Crippen LogP) is -1.36. The standard InChI is InChI=1S/C9H11NO3.C6H12N2O4/c10-8(9(12)13)5-6-1-3-7(11)4-2-6;1-3(5(8)6(10)11)12-4(9)2-7/h1-4,8,11H,5,10H2,(H,12,13);3,5H,2,7-8H2,1H3,(H,10,11)/t8-;3-,5+/m01/s1. The molecule has 0 saturated carbocycles. The minimum atomic E-state index is -1.22. The van der Waals surface area contributed by atoms with Gasteiger partial charge >= 0.3 is 17.9 Å². The highest BCUT2D eigenvalue weighted by Gasteiger charge is 2.22. The quantitative estimate of drug-likeness (QED) is 0.316. The van der Waals surface area contributed by atoms with E-state index in [1.807, 2.05) is 0 Å². The molecular formula is C15H23N3O7. The summed E-state index contributed by atoms with van der Waals surface area (Å²) in [5.41, 5.74) is 16.2. The van der Waals surface area contributed by atoms with Gasteiger partial charge in [0.15, 0.2) is 0 Å². The number of ether oxygens (including phenoxy) is 1. The van der Waals surface area contributed by atoms with Crippen molar-refractivity contribution >= 4 is 17.9 Å². The van der Waals surface area contributed by atoms with E-state index in [0.29, 0.717) is 0 Å². The van der Waals surface area contributed by atoms with Crippen LogP contribution in [0, 0.1) is 0 Å². The Hall–Kier alpha value is -2.69. The summed E-state index contributed by atoms with van der Waals surface area (Å²) in [5, 5.41) is 25.9. The Balaban J connectivity index is 0.000000463. The number of carbonyl (C=O) groups excluding carboxylic acids is 1. The molecule has 0 aromatic heterocycles. The molecule has 10 heteroatoms. The fraction of sp³-hybridized carbons (Fsp3) is 0.400. The highest BCUT2D eigenvalue weighted by molar-refractivity contribution is 5.76. The lowest BCUT2D eigenvalue weighted by molar-refractivity contribution is -0.152. The third kappa shape index (κ3) is 9.25. The summed E-state index contributed by atoms with van der Waals surface area (Å²) in [5.74, 6) is -2.74. The number of carbonyl (C=O) groups is 3. The normalized spacial score (nSPS) is 13.6. The molecule has 0 amide bonds. The predicted molar refractivity (Wildman–Crippen MR) is 87.6 cm³/mol. The average Bonchev–Trinajstić information content (AvgIpc) is 2.56. The van der Waals surface area contributed by atoms with Crippen molar-refractivity contribution in [3.63, 3.8) is 0 Å². The second kappa shape index (κ2) is 11.0. The number of esters is 1. The van der Waals surface area contributed by atoms with Crippen LogP contribution in [0.2, 0.25) is 0 Å². The van der Waals surface area contributed by atoms with Crippen LogP contribution in [0.3, 0.4) is 0 Å². The molecule has 0 bridgehead atoms. The minimum absolute atomic E-state index is 0.160. The molecule has 3 atom stereocenters. The van der Waals surface area contributed by atoms with E-state index >= 15 is 0 Å². The Labute approximate surface area is 144 Å². The van der Waals surface area contributed by atoms with Gasteiger partial charge in [-0.05, 0) is 31.0 Å². The zero-order valence-electron chi connectivity index (χ0n) is 13.7. The van der Waals surface area contributed by atoms with Crippen molar-refractivity contribution in [1.82, 2.24) is 0 Å². The lowest BCUT2D eigenvalue weighted by Gasteiger charge is -2.15. The number of hydrogen-bond acceptors (Lipinski definition) is 8. The number of phenols is 1. The molecule has 10 nitrogen and oxygen atoms in total. The highest BCUT2D eigenvalue weighted by Crippen LogP contribution is 2.10. The topological polar surface area (TPSA) is 199 Å². The van der Waals surface area contributed by atoms with Gasteiger partial charge in [-0.1, -0.05) is 12.1 Å². The lowest BCUT2D eigenvalue weighted by Crippen LogP contribution is -2.43. The van der Waals surface area contributed by atoms with E-state index in [-0.39, 0.29) is 18.7 Å². The summed E-state index contributed by atoms with van der Waals surface area (Å²) in [6.07, 6.45) is -0.589. The fourth-order valence-corrected chi connectivity index (χ4v) is 1.50. The summed E-state index contributed by atoms with van der Waals surface area (Å²) in [4.78, 5) is 31.2. The Kier molecular flexibility index (Phi) is 9.79. The number of nitrogens with two attached hydrogens (primary N) is 3. The number of hydrogen-bond donors (Lipinski definition) is 6. The molecule has 140 valence electrons. The summed E-state index contributed by atoms with van der Waals surface area (Å²) >= 11 is 0. The number of phenolic OH excluding ortho intramolecular Hbond substituents is 1. The second-order valence-corrected chi connectivity index (χ2v) is 5.08. The number of carboxylic acids is 2. The van der Waals surface area contributed by atoms with Crippen LogP contribution in [0.15, 0.2) is 24.3 Å². The van der Waals surface area contributed by atoms with Gasteiger partial charge in [0.2, 0.25) is 0 Å². The van der Waals surface area contributed by atoms with Crippen LogP contribution < -0.4 is 17.2 Å². The van der Waals surface area contributed by atoms with Gasteiger partial charge in [-0.25, -0.2) is 0 Å². The van der Waals surface area contributed by atoms with E-state index in [0.717, 1.165) is 5.56 Å². The first kappa shape index (κ1) is 22.3. The smallest absolute Gasteiger partial charge is 0.324 e. The van der Waals surface area contributed by atoms with Gasteiger partial charge in [0.1, 0.15) is 23.9 Å². The Bertz CT molecular complexity index is 577. The Morgan fingerprint density at radius 2 is 1.60 bits per heavy atom. The van der Waals surface area contributed by atoms with E-state index in [2.05, 4.69) is 4.74 Å². The number of aliphatic carboxylic acids is 2. The summed E-state index contributed by atoms with van der Waals surface area (Å²) in [7, 11) is 0. The van der Waals surface area contributed by atoms with Gasteiger partial charge in [0.25, 0.3) is 0 Å². The monoisotopic (exact) mass is 357 g/mol. The molecule has 0 fully saturated rings. The van der Waals surface area contributed by atoms with E-state index < -0.39 is 36.1 Å². The molecule has 1 aromatic rings. The molecule has 0 aliphatic heterocycles. The number of aromatic hydroxyl groups is 1. The molecule has 9 N–H and O–H groups in total. The van der Waals surface area contributed by atoms with E-state index in [4.69, 9.17) is 32.5 Å². The van der Waals surface area contributed by atoms with Gasteiger partial charge in [-0.15, -0.1) is 0 Å². The molecule has 0 aliphatic rings. The van der Waals surface area contributed by atoms with Gasteiger partial charge < -0.3 is 37.3 Å². The first-order valence-electron chi connectivity index (χ1n) is 7.22. The summed E-state index contributed by atoms with van der Waals surface area (Å²) < 4.78 is 4.55. The zero-order chi connectivity index (χ0) is 19.6. The molecular weight excluding hydrogens is 334 g/mol. The van der Waals surface area contributed by atoms with Crippen molar-refractivity contribution in [2.24, 2.45) is 17.2 Å². The first-order chi connectivity index (χ1) is 11.6. The van der Waals surface area contributed by atoms with Crippen LogP contribution in [0.25, 0.3) is 0 Å². The van der Waals surface area contributed by atoms with Gasteiger partial charge in [-0.2, -0.15) is 0 Å².